The minimum atomic E-state index is 0.130. The summed E-state index contributed by atoms with van der Waals surface area (Å²) in [4.78, 5) is 4.26. The SMILES string of the molecule is Cc1coc(SC(CN)c2ccc(Cl)cc2)n1. The van der Waals surface area contributed by atoms with Gasteiger partial charge >= 0.3 is 0 Å². The molecule has 1 heterocycles. The van der Waals surface area contributed by atoms with Crippen LogP contribution in [0.2, 0.25) is 5.02 Å². The predicted molar refractivity (Wildman–Crippen MR) is 70.3 cm³/mol. The lowest BCUT2D eigenvalue weighted by molar-refractivity contribution is 0.453. The summed E-state index contributed by atoms with van der Waals surface area (Å²) in [5, 5.41) is 1.50. The molecule has 0 fully saturated rings. The fraction of sp³-hybridized carbons (Fsp3) is 0.250. The molecule has 1 atom stereocenters. The van der Waals surface area contributed by atoms with E-state index in [0.29, 0.717) is 11.8 Å². The molecule has 0 saturated carbocycles. The Morgan fingerprint density at radius 1 is 1.41 bits per heavy atom. The van der Waals surface area contributed by atoms with Crippen LogP contribution < -0.4 is 5.73 Å². The molecule has 17 heavy (non-hydrogen) atoms. The predicted octanol–water partition coefficient (Wildman–Crippen LogP) is 3.43. The van der Waals surface area contributed by atoms with Crippen LogP contribution in [-0.4, -0.2) is 11.5 Å². The summed E-state index contributed by atoms with van der Waals surface area (Å²) < 4.78 is 5.31. The summed E-state index contributed by atoms with van der Waals surface area (Å²) in [6.45, 7) is 2.42. The summed E-state index contributed by atoms with van der Waals surface area (Å²) in [6, 6.07) is 7.67. The Balaban J connectivity index is 2.13. The minimum Gasteiger partial charge on any atom is -0.440 e. The van der Waals surface area contributed by atoms with E-state index in [4.69, 9.17) is 21.8 Å². The number of hydrogen-bond donors (Lipinski definition) is 1. The van der Waals surface area contributed by atoms with Crippen LogP contribution in [0.25, 0.3) is 0 Å². The molecule has 0 aliphatic carbocycles. The molecule has 2 N–H and O–H groups in total. The maximum Gasteiger partial charge on any atom is 0.256 e. The molecule has 0 aliphatic heterocycles. The number of aromatic nitrogens is 1. The van der Waals surface area contributed by atoms with Crippen LogP contribution in [-0.2, 0) is 0 Å². The topological polar surface area (TPSA) is 52.0 Å². The number of nitrogens with two attached hydrogens (primary N) is 1. The molecule has 2 aromatic rings. The van der Waals surface area contributed by atoms with Crippen LogP contribution in [0.15, 0.2) is 40.2 Å². The summed E-state index contributed by atoms with van der Waals surface area (Å²) >= 11 is 7.38. The Bertz CT molecular complexity index is 484. The van der Waals surface area contributed by atoms with E-state index in [-0.39, 0.29) is 5.25 Å². The van der Waals surface area contributed by atoms with E-state index in [2.05, 4.69) is 4.98 Å². The van der Waals surface area contributed by atoms with Crippen molar-refractivity contribution in [3.8, 4) is 0 Å². The van der Waals surface area contributed by atoms with E-state index in [0.717, 1.165) is 16.3 Å². The van der Waals surface area contributed by atoms with Gasteiger partial charge in [0.1, 0.15) is 6.26 Å². The Hall–Kier alpha value is -0.970. The van der Waals surface area contributed by atoms with Crippen molar-refractivity contribution in [3.63, 3.8) is 0 Å². The van der Waals surface area contributed by atoms with Crippen molar-refractivity contribution in [2.45, 2.75) is 17.4 Å². The third kappa shape index (κ3) is 3.25. The molecule has 90 valence electrons. The second-order valence-electron chi connectivity index (χ2n) is 3.65. The normalized spacial score (nSPS) is 12.6. The average molecular weight is 269 g/mol. The minimum absolute atomic E-state index is 0.130. The van der Waals surface area contributed by atoms with Crippen molar-refractivity contribution >= 4 is 23.4 Å². The first kappa shape index (κ1) is 12.5. The fourth-order valence-corrected chi connectivity index (χ4v) is 2.50. The van der Waals surface area contributed by atoms with Gasteiger partial charge in [-0.1, -0.05) is 35.5 Å². The molecule has 0 amide bonds. The molecule has 0 aliphatic rings. The highest BCUT2D eigenvalue weighted by Gasteiger charge is 2.14. The fourth-order valence-electron chi connectivity index (χ4n) is 1.44. The van der Waals surface area contributed by atoms with E-state index in [1.165, 1.54) is 11.8 Å². The molecule has 0 spiro atoms. The number of thioether (sulfide) groups is 1. The zero-order chi connectivity index (χ0) is 12.3. The van der Waals surface area contributed by atoms with Crippen LogP contribution in [0, 0.1) is 6.92 Å². The lowest BCUT2D eigenvalue weighted by Crippen LogP contribution is -2.09. The van der Waals surface area contributed by atoms with Gasteiger partial charge in [-0.05, 0) is 24.6 Å². The van der Waals surface area contributed by atoms with Gasteiger partial charge in [0.15, 0.2) is 0 Å². The van der Waals surface area contributed by atoms with E-state index in [1.807, 2.05) is 31.2 Å². The molecule has 3 nitrogen and oxygen atoms in total. The Kier molecular flexibility index (Phi) is 4.10. The van der Waals surface area contributed by atoms with Crippen molar-refractivity contribution in [2.75, 3.05) is 6.54 Å². The van der Waals surface area contributed by atoms with Gasteiger partial charge in [-0.15, -0.1) is 0 Å². The van der Waals surface area contributed by atoms with Crippen molar-refractivity contribution in [2.24, 2.45) is 5.73 Å². The van der Waals surface area contributed by atoms with E-state index < -0.39 is 0 Å². The third-order valence-electron chi connectivity index (χ3n) is 2.30. The van der Waals surface area contributed by atoms with E-state index in [1.54, 1.807) is 6.26 Å². The van der Waals surface area contributed by atoms with Crippen molar-refractivity contribution in [3.05, 3.63) is 46.8 Å². The lowest BCUT2D eigenvalue weighted by atomic mass is 10.1. The molecule has 2 rings (SSSR count). The van der Waals surface area contributed by atoms with Crippen LogP contribution in [0.1, 0.15) is 16.5 Å². The van der Waals surface area contributed by atoms with Gasteiger partial charge in [0.05, 0.1) is 10.9 Å². The van der Waals surface area contributed by atoms with Gasteiger partial charge in [0.2, 0.25) is 0 Å². The number of nitrogens with zero attached hydrogens (tertiary/aromatic N) is 1. The highest BCUT2D eigenvalue weighted by atomic mass is 35.5. The maximum atomic E-state index is 5.85. The summed E-state index contributed by atoms with van der Waals surface area (Å²) in [5.74, 6) is 0. The molecule has 0 radical (unpaired) electrons. The van der Waals surface area contributed by atoms with Gasteiger partial charge in [-0.3, -0.25) is 0 Å². The molecule has 0 bridgehead atoms. The van der Waals surface area contributed by atoms with Crippen molar-refractivity contribution in [1.29, 1.82) is 0 Å². The standard InChI is InChI=1S/C12H13ClN2OS/c1-8-7-16-12(15-8)17-11(6-14)9-2-4-10(13)5-3-9/h2-5,7,11H,6,14H2,1H3. The molecule has 1 unspecified atom stereocenters. The zero-order valence-electron chi connectivity index (χ0n) is 9.39. The molecule has 1 aromatic heterocycles. The largest absolute Gasteiger partial charge is 0.440 e. The second kappa shape index (κ2) is 5.58. The first-order valence-corrected chi connectivity index (χ1v) is 6.49. The summed E-state index contributed by atoms with van der Waals surface area (Å²) in [5.41, 5.74) is 7.77. The summed E-state index contributed by atoms with van der Waals surface area (Å²) in [6.07, 6.45) is 1.64. The van der Waals surface area contributed by atoms with Gasteiger partial charge in [0.25, 0.3) is 5.22 Å². The number of rotatable bonds is 4. The average Bonchev–Trinajstić information content (AvgIpc) is 2.73. The van der Waals surface area contributed by atoms with Crippen LogP contribution >= 0.6 is 23.4 Å². The van der Waals surface area contributed by atoms with Gasteiger partial charge < -0.3 is 10.2 Å². The number of halogens is 1. The first-order chi connectivity index (χ1) is 8.19. The number of hydrogen-bond acceptors (Lipinski definition) is 4. The van der Waals surface area contributed by atoms with E-state index >= 15 is 0 Å². The molecular weight excluding hydrogens is 256 g/mol. The number of benzene rings is 1. The number of oxazole rings is 1. The smallest absolute Gasteiger partial charge is 0.256 e. The van der Waals surface area contributed by atoms with Gasteiger partial charge in [-0.25, -0.2) is 4.98 Å². The third-order valence-corrected chi connectivity index (χ3v) is 3.69. The highest BCUT2D eigenvalue weighted by molar-refractivity contribution is 7.99. The molecule has 0 saturated heterocycles. The Morgan fingerprint density at radius 3 is 2.65 bits per heavy atom. The first-order valence-electron chi connectivity index (χ1n) is 5.23. The van der Waals surface area contributed by atoms with Gasteiger partial charge in [-0.2, -0.15) is 0 Å². The molecular formula is C12H13ClN2OS. The van der Waals surface area contributed by atoms with E-state index in [9.17, 15) is 0 Å². The lowest BCUT2D eigenvalue weighted by Gasteiger charge is -2.12. The molecule has 5 heteroatoms. The van der Waals surface area contributed by atoms with Crippen LogP contribution in [0.5, 0.6) is 0 Å². The maximum absolute atomic E-state index is 5.85. The Labute approximate surface area is 109 Å². The van der Waals surface area contributed by atoms with Crippen molar-refractivity contribution < 1.29 is 4.42 Å². The molecule has 1 aromatic carbocycles. The van der Waals surface area contributed by atoms with Crippen molar-refractivity contribution in [1.82, 2.24) is 4.98 Å². The Morgan fingerprint density at radius 2 is 2.12 bits per heavy atom. The quantitative estimate of drug-likeness (QED) is 0.863. The van der Waals surface area contributed by atoms with Crippen LogP contribution in [0.3, 0.4) is 0 Å². The van der Waals surface area contributed by atoms with Gasteiger partial charge in [0, 0.05) is 11.6 Å². The summed E-state index contributed by atoms with van der Waals surface area (Å²) in [7, 11) is 0. The van der Waals surface area contributed by atoms with Crippen LogP contribution in [0.4, 0.5) is 0 Å². The highest BCUT2D eigenvalue weighted by Crippen LogP contribution is 2.34. The second-order valence-corrected chi connectivity index (χ2v) is 5.24. The number of aryl methyl sites for hydroxylation is 1. The monoisotopic (exact) mass is 268 g/mol. The zero-order valence-corrected chi connectivity index (χ0v) is 11.0.